The average molecular weight is 284 g/mol. The summed E-state index contributed by atoms with van der Waals surface area (Å²) >= 11 is 0. The molecule has 8 nitrogen and oxygen atoms in total. The quantitative estimate of drug-likeness (QED) is 0.746. The van der Waals surface area contributed by atoms with Gasteiger partial charge in [-0.2, -0.15) is 5.10 Å². The third-order valence-corrected chi connectivity index (χ3v) is 2.81. The van der Waals surface area contributed by atoms with E-state index in [4.69, 9.17) is 4.74 Å². The second-order valence-electron chi connectivity index (χ2n) is 4.24. The number of amides is 2. The number of rotatable bonds is 7. The van der Waals surface area contributed by atoms with Gasteiger partial charge in [0.05, 0.1) is 12.8 Å². The van der Waals surface area contributed by atoms with Crippen LogP contribution in [-0.2, 0) is 16.6 Å². The number of carbonyl (C=O) groups is 2. The van der Waals surface area contributed by atoms with E-state index in [-0.39, 0.29) is 0 Å². The van der Waals surface area contributed by atoms with E-state index in [1.165, 1.54) is 15.8 Å². The molecule has 0 saturated heterocycles. The fraction of sp³-hybridized carbons (Fsp3) is 0.583. The van der Waals surface area contributed by atoms with Crippen molar-refractivity contribution in [2.75, 3.05) is 26.8 Å². The minimum absolute atomic E-state index is 0.395. The van der Waals surface area contributed by atoms with Gasteiger partial charge in [0.1, 0.15) is 0 Å². The largest absolute Gasteiger partial charge is 0.479 e. The van der Waals surface area contributed by atoms with Crippen LogP contribution in [0.4, 0.5) is 4.79 Å². The van der Waals surface area contributed by atoms with Crippen LogP contribution < -0.4 is 5.32 Å². The summed E-state index contributed by atoms with van der Waals surface area (Å²) in [7, 11) is 3.22. The van der Waals surface area contributed by atoms with E-state index in [0.29, 0.717) is 25.3 Å². The summed E-state index contributed by atoms with van der Waals surface area (Å²) < 4.78 is 6.40. The van der Waals surface area contributed by atoms with Gasteiger partial charge in [-0.05, 0) is 6.92 Å². The van der Waals surface area contributed by atoms with Crippen LogP contribution in [0.15, 0.2) is 12.4 Å². The number of aromatic nitrogens is 2. The highest BCUT2D eigenvalue weighted by Crippen LogP contribution is 2.12. The van der Waals surface area contributed by atoms with Crippen molar-refractivity contribution in [2.24, 2.45) is 7.05 Å². The summed E-state index contributed by atoms with van der Waals surface area (Å²) in [6.45, 7) is 3.08. The molecule has 0 bridgehead atoms. The van der Waals surface area contributed by atoms with Crippen LogP contribution in [0.2, 0.25) is 0 Å². The zero-order chi connectivity index (χ0) is 15.1. The second kappa shape index (κ2) is 7.49. The monoisotopic (exact) mass is 284 g/mol. The second-order valence-corrected chi connectivity index (χ2v) is 4.24. The Hall–Kier alpha value is -2.09. The van der Waals surface area contributed by atoms with Crippen LogP contribution in [0, 0.1) is 0 Å². The number of likely N-dealkylation sites (N-methyl/N-ethyl adjacent to an activating group) is 1. The zero-order valence-electron chi connectivity index (χ0n) is 11.9. The molecule has 0 aliphatic heterocycles. The number of hydrogen-bond donors (Lipinski definition) is 2. The lowest BCUT2D eigenvalue weighted by Crippen LogP contribution is -2.44. The molecule has 8 heteroatoms. The summed E-state index contributed by atoms with van der Waals surface area (Å²) in [5.74, 6) is -1.13. The van der Waals surface area contributed by atoms with Crippen molar-refractivity contribution in [1.29, 1.82) is 0 Å². The Morgan fingerprint density at radius 1 is 1.60 bits per heavy atom. The Balaban J connectivity index is 2.75. The molecule has 0 saturated carbocycles. The molecule has 1 unspecified atom stereocenters. The number of aliphatic carboxylic acids is 1. The Morgan fingerprint density at radius 3 is 2.75 bits per heavy atom. The molecule has 112 valence electrons. The topological polar surface area (TPSA) is 96.7 Å². The van der Waals surface area contributed by atoms with Crippen molar-refractivity contribution >= 4 is 12.0 Å². The van der Waals surface area contributed by atoms with Gasteiger partial charge in [-0.25, -0.2) is 9.59 Å². The van der Waals surface area contributed by atoms with Crippen molar-refractivity contribution in [3.8, 4) is 0 Å². The lowest BCUT2D eigenvalue weighted by molar-refractivity contribution is -0.139. The number of carboxylic acid groups (broad SMARTS) is 1. The van der Waals surface area contributed by atoms with E-state index in [1.807, 2.05) is 6.92 Å². The van der Waals surface area contributed by atoms with Gasteiger partial charge in [0.2, 0.25) is 0 Å². The summed E-state index contributed by atoms with van der Waals surface area (Å²) in [5, 5.41) is 15.6. The van der Waals surface area contributed by atoms with Crippen molar-refractivity contribution in [3.05, 3.63) is 18.0 Å². The molecule has 1 aromatic rings. The number of carboxylic acids is 1. The van der Waals surface area contributed by atoms with Gasteiger partial charge in [-0.1, -0.05) is 0 Å². The van der Waals surface area contributed by atoms with Crippen LogP contribution in [-0.4, -0.2) is 58.6 Å². The molecule has 0 fully saturated rings. The third-order valence-electron chi connectivity index (χ3n) is 2.81. The molecule has 1 rings (SSSR count). The SMILES string of the molecule is CCN(CCOC)C(=O)NC(C(=O)O)c1cnn(C)c1. The maximum atomic E-state index is 12.0. The average Bonchev–Trinajstić information content (AvgIpc) is 2.82. The molecular weight excluding hydrogens is 264 g/mol. The normalized spacial score (nSPS) is 11.9. The molecule has 0 radical (unpaired) electrons. The minimum Gasteiger partial charge on any atom is -0.479 e. The summed E-state index contributed by atoms with van der Waals surface area (Å²) in [6, 6.07) is -1.56. The van der Waals surface area contributed by atoms with Crippen molar-refractivity contribution in [3.63, 3.8) is 0 Å². The van der Waals surface area contributed by atoms with Gasteiger partial charge in [0, 0.05) is 39.0 Å². The van der Waals surface area contributed by atoms with Gasteiger partial charge in [-0.3, -0.25) is 4.68 Å². The number of methoxy groups -OCH3 is 1. The maximum absolute atomic E-state index is 12.0. The van der Waals surface area contributed by atoms with Gasteiger partial charge >= 0.3 is 12.0 Å². The Morgan fingerprint density at radius 2 is 2.30 bits per heavy atom. The lowest BCUT2D eigenvalue weighted by atomic mass is 10.1. The predicted molar refractivity (Wildman–Crippen MR) is 71.2 cm³/mol. The van der Waals surface area contributed by atoms with E-state index in [1.54, 1.807) is 20.4 Å². The van der Waals surface area contributed by atoms with Gasteiger partial charge in [0.15, 0.2) is 6.04 Å². The molecule has 0 aliphatic carbocycles. The molecule has 20 heavy (non-hydrogen) atoms. The lowest BCUT2D eigenvalue weighted by Gasteiger charge is -2.23. The highest BCUT2D eigenvalue weighted by Gasteiger charge is 2.25. The number of nitrogens with zero attached hydrogens (tertiary/aromatic N) is 3. The summed E-state index contributed by atoms with van der Waals surface area (Å²) in [6.07, 6.45) is 2.98. The number of carbonyl (C=O) groups excluding carboxylic acids is 1. The Labute approximate surface area is 117 Å². The number of aryl methyl sites for hydroxylation is 1. The van der Waals surface area contributed by atoms with Crippen molar-refractivity contribution in [1.82, 2.24) is 20.0 Å². The van der Waals surface area contributed by atoms with Crippen molar-refractivity contribution < 1.29 is 19.4 Å². The smallest absolute Gasteiger partial charge is 0.331 e. The van der Waals surface area contributed by atoms with Crippen LogP contribution in [0.5, 0.6) is 0 Å². The Kier molecular flexibility index (Phi) is 5.98. The number of urea groups is 1. The van der Waals surface area contributed by atoms with Gasteiger partial charge < -0.3 is 20.1 Å². The fourth-order valence-corrected chi connectivity index (χ4v) is 1.70. The molecular formula is C12H20N4O4. The zero-order valence-corrected chi connectivity index (χ0v) is 11.9. The number of ether oxygens (including phenoxy) is 1. The van der Waals surface area contributed by atoms with Gasteiger partial charge in [-0.15, -0.1) is 0 Å². The first kappa shape index (κ1) is 16.0. The minimum atomic E-state index is -1.13. The molecule has 1 atom stereocenters. The van der Waals surface area contributed by atoms with Crippen LogP contribution in [0.25, 0.3) is 0 Å². The highest BCUT2D eigenvalue weighted by molar-refractivity contribution is 5.83. The first-order valence-corrected chi connectivity index (χ1v) is 6.25. The molecule has 0 aromatic carbocycles. The maximum Gasteiger partial charge on any atom is 0.331 e. The van der Waals surface area contributed by atoms with Crippen LogP contribution in [0.3, 0.4) is 0 Å². The Bertz CT molecular complexity index is 460. The van der Waals surface area contributed by atoms with E-state index in [9.17, 15) is 14.7 Å². The van der Waals surface area contributed by atoms with Crippen LogP contribution in [0.1, 0.15) is 18.5 Å². The molecule has 1 heterocycles. The van der Waals surface area contributed by atoms with Crippen LogP contribution >= 0.6 is 0 Å². The first-order valence-electron chi connectivity index (χ1n) is 6.25. The van der Waals surface area contributed by atoms with E-state index < -0.39 is 18.0 Å². The fourth-order valence-electron chi connectivity index (χ4n) is 1.70. The highest BCUT2D eigenvalue weighted by atomic mass is 16.5. The third kappa shape index (κ3) is 4.23. The van der Waals surface area contributed by atoms with E-state index >= 15 is 0 Å². The van der Waals surface area contributed by atoms with E-state index in [0.717, 1.165) is 0 Å². The van der Waals surface area contributed by atoms with Gasteiger partial charge in [0.25, 0.3) is 0 Å². The molecule has 2 amide bonds. The molecule has 2 N–H and O–H groups in total. The summed E-state index contributed by atoms with van der Waals surface area (Å²) in [4.78, 5) is 24.8. The molecule has 0 spiro atoms. The molecule has 1 aromatic heterocycles. The first-order chi connectivity index (χ1) is 9.49. The number of hydrogen-bond acceptors (Lipinski definition) is 4. The predicted octanol–water partition coefficient (Wildman–Crippen LogP) is 0.224. The molecule has 0 aliphatic rings. The summed E-state index contributed by atoms with van der Waals surface area (Å²) in [5.41, 5.74) is 0.427. The van der Waals surface area contributed by atoms with Crippen molar-refractivity contribution in [2.45, 2.75) is 13.0 Å². The number of nitrogens with one attached hydrogen (secondary N) is 1. The van der Waals surface area contributed by atoms with E-state index in [2.05, 4.69) is 10.4 Å². The standard InChI is InChI=1S/C12H20N4O4/c1-4-16(5-6-20-3)12(19)14-10(11(17)18)9-7-13-15(2)8-9/h7-8,10H,4-6H2,1-3H3,(H,14,19)(H,17,18).